The molecule has 0 aliphatic rings. The molecule has 0 atom stereocenters. The van der Waals surface area contributed by atoms with Crippen LogP contribution in [0.15, 0.2) is 30.3 Å². The van der Waals surface area contributed by atoms with Gasteiger partial charge in [0.25, 0.3) is 0 Å². The average molecular weight is 140 g/mol. The van der Waals surface area contributed by atoms with E-state index < -0.39 is 0 Å². The van der Waals surface area contributed by atoms with E-state index in [9.17, 15) is 0 Å². The van der Waals surface area contributed by atoms with Crippen LogP contribution in [0.3, 0.4) is 0 Å². The number of nitrogen functional groups attached to an aromatic ring is 1. The number of benzene rings is 1. The molecule has 0 bridgehead atoms. The van der Waals surface area contributed by atoms with Crippen LogP contribution in [-0.2, 0) is 0 Å². The van der Waals surface area contributed by atoms with Crippen LogP contribution in [0.25, 0.3) is 0 Å². The molecule has 0 fully saturated rings. The molecule has 0 aliphatic carbocycles. The molecule has 0 amide bonds. The van der Waals surface area contributed by atoms with E-state index in [2.05, 4.69) is 17.1 Å². The molecule has 0 saturated carbocycles. The maximum Gasteiger partial charge on any atom is 0.0485 e. The molecule has 10 heavy (non-hydrogen) atoms. The Morgan fingerprint density at radius 3 is 1.80 bits per heavy atom. The third-order valence-corrected chi connectivity index (χ3v) is 0.940. The first-order chi connectivity index (χ1) is 4.93. The fraction of sp³-hybridized carbons (Fsp3) is 0. The van der Waals surface area contributed by atoms with Crippen molar-refractivity contribution < 1.29 is 0 Å². The van der Waals surface area contributed by atoms with Crippen LogP contribution in [0.1, 0.15) is 0 Å². The molecule has 0 spiro atoms. The first-order valence-corrected chi connectivity index (χ1v) is 2.78. The highest BCUT2D eigenvalue weighted by atomic mass is 15.2. The van der Waals surface area contributed by atoms with Gasteiger partial charge in [0.2, 0.25) is 0 Å². The lowest BCUT2D eigenvalue weighted by molar-refractivity contribution is 1.26. The summed E-state index contributed by atoms with van der Waals surface area (Å²) in [6, 6.07) is 9.60. The molecule has 0 radical (unpaired) electrons. The van der Waals surface area contributed by atoms with E-state index in [4.69, 9.17) is 5.84 Å². The second-order valence-electron chi connectivity index (χ2n) is 1.51. The first kappa shape index (κ1) is 8.90. The zero-order valence-corrected chi connectivity index (χ0v) is 5.62. The summed E-state index contributed by atoms with van der Waals surface area (Å²) < 4.78 is 0. The number of hydrazine groups is 2. The quantitative estimate of drug-likeness (QED) is 0.321. The molecule has 7 N–H and O–H groups in total. The van der Waals surface area contributed by atoms with Gasteiger partial charge in [-0.25, -0.2) is 0 Å². The van der Waals surface area contributed by atoms with Crippen molar-refractivity contribution >= 4 is 5.69 Å². The zero-order valence-electron chi connectivity index (χ0n) is 5.62. The minimum Gasteiger partial charge on any atom is -0.324 e. The van der Waals surface area contributed by atoms with Gasteiger partial charge in [-0.3, -0.25) is 17.5 Å². The van der Waals surface area contributed by atoms with Gasteiger partial charge in [-0.2, -0.15) is 0 Å². The molecule has 0 unspecified atom stereocenters. The number of para-hydroxylation sites is 1. The lowest BCUT2D eigenvalue weighted by Crippen LogP contribution is -2.05. The van der Waals surface area contributed by atoms with Crippen LogP contribution in [0.2, 0.25) is 0 Å². The molecule has 1 rings (SSSR count). The Morgan fingerprint density at radius 1 is 1.00 bits per heavy atom. The molecular formula is C6H12N4. The Bertz CT molecular complexity index is 151. The number of hydrogen-bond donors (Lipinski definition) is 4. The summed E-state index contributed by atoms with van der Waals surface area (Å²) in [6.45, 7) is 0. The molecule has 56 valence electrons. The Hall–Kier alpha value is -1.10. The highest BCUT2D eigenvalue weighted by Gasteiger charge is 1.78. The van der Waals surface area contributed by atoms with Crippen LogP contribution in [-0.4, -0.2) is 0 Å². The number of nitrogens with two attached hydrogens (primary N) is 3. The third kappa shape index (κ3) is 3.03. The Kier molecular flexibility index (Phi) is 5.36. The van der Waals surface area contributed by atoms with Gasteiger partial charge in [0.05, 0.1) is 0 Å². The van der Waals surface area contributed by atoms with E-state index in [0.29, 0.717) is 0 Å². The third-order valence-electron chi connectivity index (χ3n) is 0.940. The molecule has 1 aromatic rings. The van der Waals surface area contributed by atoms with E-state index >= 15 is 0 Å². The minimum absolute atomic E-state index is 0.938. The van der Waals surface area contributed by atoms with Gasteiger partial charge >= 0.3 is 0 Å². The van der Waals surface area contributed by atoms with Crippen molar-refractivity contribution in [3.63, 3.8) is 0 Å². The molecule has 1 aromatic carbocycles. The monoisotopic (exact) mass is 140 g/mol. The highest BCUT2D eigenvalue weighted by molar-refractivity contribution is 5.40. The number of anilines is 1. The molecular weight excluding hydrogens is 128 g/mol. The van der Waals surface area contributed by atoms with Gasteiger partial charge in [-0.15, -0.1) is 0 Å². The summed E-state index contributed by atoms with van der Waals surface area (Å²) >= 11 is 0. The summed E-state index contributed by atoms with van der Waals surface area (Å²) in [5.74, 6) is 13.1. The summed E-state index contributed by atoms with van der Waals surface area (Å²) in [5, 5.41) is 0. The van der Waals surface area contributed by atoms with Gasteiger partial charge in [0.1, 0.15) is 0 Å². The number of nitrogens with one attached hydrogen (secondary N) is 1. The lowest BCUT2D eigenvalue weighted by atomic mass is 10.3. The van der Waals surface area contributed by atoms with Crippen molar-refractivity contribution in [2.45, 2.75) is 0 Å². The van der Waals surface area contributed by atoms with E-state index in [1.165, 1.54) is 0 Å². The second kappa shape index (κ2) is 6.03. The van der Waals surface area contributed by atoms with Gasteiger partial charge in [0.15, 0.2) is 0 Å². The summed E-state index contributed by atoms with van der Waals surface area (Å²) in [5.41, 5.74) is 3.46. The maximum absolute atomic E-state index is 5.10. The van der Waals surface area contributed by atoms with Crippen molar-refractivity contribution in [1.29, 1.82) is 0 Å². The molecule has 4 heteroatoms. The normalized spacial score (nSPS) is 7.50. The van der Waals surface area contributed by atoms with Crippen molar-refractivity contribution in [3.05, 3.63) is 30.3 Å². The summed E-state index contributed by atoms with van der Waals surface area (Å²) in [6.07, 6.45) is 0. The predicted molar refractivity (Wildman–Crippen MR) is 42.6 cm³/mol. The van der Waals surface area contributed by atoms with E-state index in [-0.39, 0.29) is 0 Å². The molecule has 0 saturated heterocycles. The number of hydrogen-bond acceptors (Lipinski definition) is 4. The molecule has 0 aromatic heterocycles. The molecule has 4 nitrogen and oxygen atoms in total. The first-order valence-electron chi connectivity index (χ1n) is 2.78. The Labute approximate surface area is 59.9 Å². The second-order valence-corrected chi connectivity index (χ2v) is 1.51. The molecule has 0 aliphatic heterocycles. The van der Waals surface area contributed by atoms with E-state index in [0.717, 1.165) is 5.69 Å². The van der Waals surface area contributed by atoms with Crippen molar-refractivity contribution in [1.82, 2.24) is 0 Å². The lowest BCUT2D eigenvalue weighted by Gasteiger charge is -1.94. The van der Waals surface area contributed by atoms with Crippen molar-refractivity contribution in [2.75, 3.05) is 5.43 Å². The topological polar surface area (TPSA) is 90.1 Å². The zero-order chi connectivity index (χ0) is 7.82. The van der Waals surface area contributed by atoms with Gasteiger partial charge in [-0.1, -0.05) is 18.2 Å². The summed E-state index contributed by atoms with van der Waals surface area (Å²) in [7, 11) is 0. The van der Waals surface area contributed by atoms with Crippen LogP contribution < -0.4 is 23.0 Å². The SMILES string of the molecule is NN.NNc1ccccc1. The number of rotatable bonds is 1. The van der Waals surface area contributed by atoms with Gasteiger partial charge < -0.3 is 5.43 Å². The molecule has 0 heterocycles. The maximum atomic E-state index is 5.10. The van der Waals surface area contributed by atoms with E-state index in [1.54, 1.807) is 0 Å². The smallest absolute Gasteiger partial charge is 0.0485 e. The van der Waals surface area contributed by atoms with Crippen molar-refractivity contribution in [2.24, 2.45) is 17.5 Å². The standard InChI is InChI=1S/C6H8N2.H4N2/c7-8-6-4-2-1-3-5-6;1-2/h1-5,8H,7H2;1-2H2. The Balaban J connectivity index is 0.000000371. The van der Waals surface area contributed by atoms with Gasteiger partial charge in [-0.05, 0) is 12.1 Å². The highest BCUT2D eigenvalue weighted by Crippen LogP contribution is 2.00. The fourth-order valence-corrected chi connectivity index (χ4v) is 0.534. The van der Waals surface area contributed by atoms with E-state index in [1.807, 2.05) is 30.3 Å². The summed E-state index contributed by atoms with van der Waals surface area (Å²) in [4.78, 5) is 0. The van der Waals surface area contributed by atoms with Crippen molar-refractivity contribution in [3.8, 4) is 0 Å². The minimum atomic E-state index is 0.938. The average Bonchev–Trinajstić information content (AvgIpc) is 2.10. The largest absolute Gasteiger partial charge is 0.324 e. The van der Waals surface area contributed by atoms with Crippen LogP contribution in [0.5, 0.6) is 0 Å². The van der Waals surface area contributed by atoms with Crippen LogP contribution in [0.4, 0.5) is 5.69 Å². The fourth-order valence-electron chi connectivity index (χ4n) is 0.534. The van der Waals surface area contributed by atoms with Crippen LogP contribution in [0, 0.1) is 0 Å². The predicted octanol–water partition coefficient (Wildman–Crippen LogP) is -0.209. The van der Waals surface area contributed by atoms with Crippen LogP contribution >= 0.6 is 0 Å². The van der Waals surface area contributed by atoms with Gasteiger partial charge in [0, 0.05) is 5.69 Å². The Morgan fingerprint density at radius 2 is 1.50 bits per heavy atom.